The van der Waals surface area contributed by atoms with Gasteiger partial charge in [0, 0.05) is 17.7 Å². The van der Waals surface area contributed by atoms with E-state index in [0.717, 1.165) is 35.5 Å². The van der Waals surface area contributed by atoms with Crippen LogP contribution < -0.4 is 10.1 Å². The van der Waals surface area contributed by atoms with Gasteiger partial charge in [0.25, 0.3) is 5.69 Å². The van der Waals surface area contributed by atoms with Gasteiger partial charge in [0.1, 0.15) is 11.6 Å². The topological polar surface area (TPSA) is 123 Å². The molecule has 3 aromatic rings. The van der Waals surface area contributed by atoms with Crippen molar-refractivity contribution in [2.75, 3.05) is 18.2 Å². The molecule has 0 aliphatic heterocycles. The molecule has 1 heterocycles. The number of nitrogens with one attached hydrogen (secondary N) is 2. The molecule has 0 saturated carbocycles. The lowest BCUT2D eigenvalue weighted by molar-refractivity contribution is -0.384. The van der Waals surface area contributed by atoms with Gasteiger partial charge in [0.15, 0.2) is 5.82 Å². The summed E-state index contributed by atoms with van der Waals surface area (Å²) in [5, 5.41) is 20.2. The van der Waals surface area contributed by atoms with E-state index in [9.17, 15) is 19.3 Å². The third kappa shape index (κ3) is 4.62. The molecule has 2 aromatic carbocycles. The molecule has 0 bridgehead atoms. The van der Waals surface area contributed by atoms with Crippen LogP contribution in [0.15, 0.2) is 47.6 Å². The number of nitro groups is 1. The Kier molecular flexibility index (Phi) is 5.84. The number of aromatic nitrogens is 3. The number of non-ortho nitro benzene ring substituents is 1. The number of aromatic amines is 1. The Bertz CT molecular complexity index is 1010. The minimum Gasteiger partial charge on any atom is -0.497 e. The van der Waals surface area contributed by atoms with Crippen LogP contribution in [0.5, 0.6) is 5.75 Å². The summed E-state index contributed by atoms with van der Waals surface area (Å²) in [6, 6.07) is 10.1. The molecule has 1 amide bonds. The van der Waals surface area contributed by atoms with Crippen LogP contribution in [0.25, 0.3) is 11.4 Å². The van der Waals surface area contributed by atoms with Crippen LogP contribution in [0.1, 0.15) is 0 Å². The summed E-state index contributed by atoms with van der Waals surface area (Å²) < 4.78 is 18.8. The molecule has 0 aliphatic rings. The maximum atomic E-state index is 13.7. The number of hydrogen-bond donors (Lipinski definition) is 2. The van der Waals surface area contributed by atoms with Crippen molar-refractivity contribution in [2.24, 2.45) is 0 Å². The van der Waals surface area contributed by atoms with E-state index in [2.05, 4.69) is 20.5 Å². The van der Waals surface area contributed by atoms with Crippen molar-refractivity contribution in [1.82, 2.24) is 15.2 Å². The number of carbonyl (C=O) groups is 1. The van der Waals surface area contributed by atoms with Gasteiger partial charge in [-0.15, -0.1) is 5.10 Å². The number of nitrogens with zero attached hydrogens (tertiary/aromatic N) is 3. The number of ether oxygens (including phenoxy) is 1. The molecule has 0 atom stereocenters. The number of carbonyl (C=O) groups excluding carboxylic acids is 1. The molecular formula is C17H14FN5O4S. The lowest BCUT2D eigenvalue weighted by Gasteiger charge is -2.05. The summed E-state index contributed by atoms with van der Waals surface area (Å²) in [6.07, 6.45) is 0. The van der Waals surface area contributed by atoms with Gasteiger partial charge in [0.2, 0.25) is 11.1 Å². The van der Waals surface area contributed by atoms with Crippen molar-refractivity contribution in [3.05, 3.63) is 58.4 Å². The first-order valence-corrected chi connectivity index (χ1v) is 8.88. The monoisotopic (exact) mass is 403 g/mol. The number of benzene rings is 2. The van der Waals surface area contributed by atoms with Gasteiger partial charge in [-0.25, -0.2) is 9.37 Å². The number of H-pyrrole nitrogens is 1. The van der Waals surface area contributed by atoms with Gasteiger partial charge in [-0.05, 0) is 30.3 Å². The van der Waals surface area contributed by atoms with Crippen LogP contribution in [0, 0.1) is 15.9 Å². The van der Waals surface area contributed by atoms with Gasteiger partial charge >= 0.3 is 0 Å². The van der Waals surface area contributed by atoms with E-state index in [1.165, 1.54) is 0 Å². The summed E-state index contributed by atoms with van der Waals surface area (Å²) in [6.45, 7) is 0. The van der Waals surface area contributed by atoms with Crippen molar-refractivity contribution in [3.63, 3.8) is 0 Å². The summed E-state index contributed by atoms with van der Waals surface area (Å²) in [5.74, 6) is -0.163. The summed E-state index contributed by atoms with van der Waals surface area (Å²) in [4.78, 5) is 26.4. The van der Waals surface area contributed by atoms with E-state index in [4.69, 9.17) is 4.74 Å². The van der Waals surface area contributed by atoms with E-state index in [0.29, 0.717) is 16.7 Å². The average molecular weight is 403 g/mol. The number of hydrogen-bond acceptors (Lipinski definition) is 7. The largest absolute Gasteiger partial charge is 0.497 e. The van der Waals surface area contributed by atoms with Gasteiger partial charge in [0.05, 0.1) is 23.5 Å². The highest BCUT2D eigenvalue weighted by atomic mass is 32.2. The first-order valence-electron chi connectivity index (χ1n) is 7.89. The first kappa shape index (κ1) is 19.3. The Hall–Kier alpha value is -3.47. The maximum absolute atomic E-state index is 13.7. The molecule has 0 saturated heterocycles. The summed E-state index contributed by atoms with van der Waals surface area (Å²) in [5.41, 5.74) is 0.222. The zero-order chi connectivity index (χ0) is 20.1. The minimum absolute atomic E-state index is 0.0952. The second-order valence-electron chi connectivity index (χ2n) is 5.45. The Morgan fingerprint density at radius 1 is 1.32 bits per heavy atom. The fourth-order valence-electron chi connectivity index (χ4n) is 2.23. The zero-order valence-corrected chi connectivity index (χ0v) is 15.3. The highest BCUT2D eigenvalue weighted by molar-refractivity contribution is 7.99. The maximum Gasteiger partial charge on any atom is 0.271 e. The smallest absolute Gasteiger partial charge is 0.271 e. The van der Waals surface area contributed by atoms with E-state index in [1.54, 1.807) is 19.2 Å². The van der Waals surface area contributed by atoms with Crippen LogP contribution in [-0.2, 0) is 4.79 Å². The third-order valence-corrected chi connectivity index (χ3v) is 4.44. The van der Waals surface area contributed by atoms with E-state index >= 15 is 0 Å². The molecule has 11 heteroatoms. The third-order valence-electron chi connectivity index (χ3n) is 3.60. The number of thioether (sulfide) groups is 1. The fraction of sp³-hybridized carbons (Fsp3) is 0.118. The van der Waals surface area contributed by atoms with Crippen LogP contribution in [0.4, 0.5) is 15.8 Å². The predicted molar refractivity (Wildman–Crippen MR) is 101 cm³/mol. The molecule has 28 heavy (non-hydrogen) atoms. The Labute approximate surface area is 162 Å². The zero-order valence-electron chi connectivity index (χ0n) is 14.5. The van der Waals surface area contributed by atoms with Crippen molar-refractivity contribution >= 4 is 29.0 Å². The number of rotatable bonds is 7. The van der Waals surface area contributed by atoms with E-state index in [1.807, 2.05) is 12.1 Å². The molecule has 0 spiro atoms. The van der Waals surface area contributed by atoms with E-state index < -0.39 is 16.6 Å². The minimum atomic E-state index is -0.761. The predicted octanol–water partition coefficient (Wildman–Crippen LogP) is 3.26. The lowest BCUT2D eigenvalue weighted by Crippen LogP contribution is -2.15. The molecule has 0 fully saturated rings. The molecule has 9 nitrogen and oxygen atoms in total. The first-order chi connectivity index (χ1) is 13.5. The summed E-state index contributed by atoms with van der Waals surface area (Å²) >= 11 is 1.04. The quantitative estimate of drug-likeness (QED) is 0.353. The molecular weight excluding hydrogens is 389 g/mol. The van der Waals surface area contributed by atoms with Crippen molar-refractivity contribution in [1.29, 1.82) is 0 Å². The number of amides is 1. The molecule has 0 aliphatic carbocycles. The number of anilines is 1. The average Bonchev–Trinajstić information content (AvgIpc) is 3.17. The lowest BCUT2D eigenvalue weighted by atomic mass is 10.2. The van der Waals surface area contributed by atoms with Gasteiger partial charge < -0.3 is 10.1 Å². The highest BCUT2D eigenvalue weighted by Gasteiger charge is 2.14. The van der Waals surface area contributed by atoms with Crippen molar-refractivity contribution in [3.8, 4) is 17.1 Å². The van der Waals surface area contributed by atoms with Crippen LogP contribution >= 0.6 is 11.8 Å². The molecule has 1 aromatic heterocycles. The Morgan fingerprint density at radius 2 is 2.07 bits per heavy atom. The van der Waals surface area contributed by atoms with Crippen molar-refractivity contribution < 1.29 is 18.8 Å². The molecule has 0 unspecified atom stereocenters. The Balaban J connectivity index is 1.60. The number of halogens is 1. The standard InChI is InChI=1S/C17H14FN5O4S/c1-27-12-5-2-10(3-6-12)16-20-17(22-21-16)28-9-15(24)19-14-8-11(23(25)26)4-7-13(14)18/h2-8H,9H2,1H3,(H,19,24)(H,20,21,22). The van der Waals surface area contributed by atoms with Gasteiger partial charge in [-0.2, -0.15) is 0 Å². The van der Waals surface area contributed by atoms with Gasteiger partial charge in [-0.3, -0.25) is 20.0 Å². The molecule has 0 radical (unpaired) electrons. The van der Waals surface area contributed by atoms with Crippen LogP contribution in [0.3, 0.4) is 0 Å². The number of methoxy groups -OCH3 is 1. The summed E-state index contributed by atoms with van der Waals surface area (Å²) in [7, 11) is 1.57. The molecule has 2 N–H and O–H groups in total. The van der Waals surface area contributed by atoms with Crippen LogP contribution in [0.2, 0.25) is 0 Å². The van der Waals surface area contributed by atoms with Crippen LogP contribution in [-0.4, -0.2) is 38.9 Å². The van der Waals surface area contributed by atoms with E-state index in [-0.39, 0.29) is 17.1 Å². The molecule has 144 valence electrons. The second-order valence-corrected chi connectivity index (χ2v) is 6.40. The second kappa shape index (κ2) is 8.48. The fourth-order valence-corrected chi connectivity index (χ4v) is 2.83. The van der Waals surface area contributed by atoms with Gasteiger partial charge in [-0.1, -0.05) is 11.8 Å². The Morgan fingerprint density at radius 3 is 2.75 bits per heavy atom. The number of nitro benzene ring substituents is 1. The SMILES string of the molecule is COc1ccc(-c2nc(SCC(=O)Nc3cc([N+](=O)[O-])ccc3F)n[nH]2)cc1. The van der Waals surface area contributed by atoms with Crippen molar-refractivity contribution in [2.45, 2.75) is 5.16 Å². The normalized spacial score (nSPS) is 10.5. The highest BCUT2D eigenvalue weighted by Crippen LogP contribution is 2.23. The molecule has 3 rings (SSSR count).